The summed E-state index contributed by atoms with van der Waals surface area (Å²) in [6, 6.07) is 19.6. The highest BCUT2D eigenvalue weighted by Gasteiger charge is 2.06. The summed E-state index contributed by atoms with van der Waals surface area (Å²) < 4.78 is 0. The van der Waals surface area contributed by atoms with Crippen molar-refractivity contribution in [2.75, 3.05) is 26.7 Å². The lowest BCUT2D eigenvalue weighted by Gasteiger charge is -2.16. The molecule has 0 aliphatic rings. The Kier molecular flexibility index (Phi) is 8.55. The van der Waals surface area contributed by atoms with Crippen LogP contribution in [0.1, 0.15) is 17.3 Å². The molecule has 2 aromatic rings. The van der Waals surface area contributed by atoms with Crippen molar-refractivity contribution < 1.29 is 4.79 Å². The van der Waals surface area contributed by atoms with E-state index >= 15 is 0 Å². The van der Waals surface area contributed by atoms with Crippen molar-refractivity contribution in [1.82, 2.24) is 16.0 Å². The van der Waals surface area contributed by atoms with E-state index in [9.17, 15) is 4.79 Å². The van der Waals surface area contributed by atoms with Crippen LogP contribution in [0.15, 0.2) is 70.6 Å². The molecule has 0 aliphatic carbocycles. The second-order valence-corrected chi connectivity index (χ2v) is 7.26. The number of benzene rings is 2. The predicted molar refractivity (Wildman–Crippen MR) is 110 cm³/mol. The first-order chi connectivity index (χ1) is 12.7. The van der Waals surface area contributed by atoms with Gasteiger partial charge in [0, 0.05) is 42.4 Å². The number of hydrogen-bond acceptors (Lipinski definition) is 3. The number of guanidine groups is 1. The number of nitrogens with zero attached hydrogens (tertiary/aromatic N) is 1. The molecule has 1 unspecified atom stereocenters. The summed E-state index contributed by atoms with van der Waals surface area (Å²) in [7, 11) is 1.74. The number of rotatable bonds is 8. The van der Waals surface area contributed by atoms with Gasteiger partial charge < -0.3 is 16.0 Å². The van der Waals surface area contributed by atoms with Crippen molar-refractivity contribution in [3.05, 3.63) is 66.2 Å². The fourth-order valence-electron chi connectivity index (χ4n) is 2.28. The molecule has 0 saturated heterocycles. The summed E-state index contributed by atoms with van der Waals surface area (Å²) in [5, 5.41) is 9.82. The van der Waals surface area contributed by atoms with Gasteiger partial charge in [0.05, 0.1) is 0 Å². The van der Waals surface area contributed by atoms with Crippen LogP contribution in [0.2, 0.25) is 0 Å². The molecule has 1 atom stereocenters. The number of nitrogens with one attached hydrogen (secondary N) is 3. The van der Waals surface area contributed by atoms with Crippen molar-refractivity contribution >= 4 is 23.6 Å². The summed E-state index contributed by atoms with van der Waals surface area (Å²) in [5.74, 6) is 0.669. The maximum absolute atomic E-state index is 12.0. The van der Waals surface area contributed by atoms with Crippen LogP contribution < -0.4 is 16.0 Å². The average Bonchev–Trinajstić information content (AvgIpc) is 2.68. The fourth-order valence-corrected chi connectivity index (χ4v) is 3.23. The third-order valence-electron chi connectivity index (χ3n) is 3.60. The molecule has 0 aliphatic heterocycles. The molecule has 26 heavy (non-hydrogen) atoms. The van der Waals surface area contributed by atoms with E-state index in [0.717, 1.165) is 12.5 Å². The SMILES string of the molecule is CN=C(NCCNC(=O)c1ccccc1)NCC(C)Sc1ccccc1. The Bertz CT molecular complexity index is 691. The first-order valence-electron chi connectivity index (χ1n) is 8.68. The summed E-state index contributed by atoms with van der Waals surface area (Å²) >= 11 is 1.82. The van der Waals surface area contributed by atoms with Gasteiger partial charge >= 0.3 is 0 Å². The lowest BCUT2D eigenvalue weighted by atomic mass is 10.2. The van der Waals surface area contributed by atoms with Crippen molar-refractivity contribution in [1.29, 1.82) is 0 Å². The quantitative estimate of drug-likeness (QED) is 0.289. The van der Waals surface area contributed by atoms with Crippen molar-refractivity contribution in [3.8, 4) is 0 Å². The zero-order valence-electron chi connectivity index (χ0n) is 15.2. The smallest absolute Gasteiger partial charge is 0.251 e. The highest BCUT2D eigenvalue weighted by molar-refractivity contribution is 8.00. The molecule has 3 N–H and O–H groups in total. The molecule has 0 saturated carbocycles. The third-order valence-corrected chi connectivity index (χ3v) is 4.71. The Labute approximate surface area is 159 Å². The monoisotopic (exact) mass is 370 g/mol. The summed E-state index contributed by atoms with van der Waals surface area (Å²) in [6.07, 6.45) is 0. The molecule has 2 aromatic carbocycles. The van der Waals surface area contributed by atoms with Gasteiger partial charge in [-0.3, -0.25) is 9.79 Å². The van der Waals surface area contributed by atoms with Gasteiger partial charge in [-0.1, -0.05) is 43.3 Å². The van der Waals surface area contributed by atoms with E-state index in [1.54, 1.807) is 19.2 Å². The van der Waals surface area contributed by atoms with Gasteiger partial charge in [-0.2, -0.15) is 0 Å². The van der Waals surface area contributed by atoms with Crippen molar-refractivity contribution in [2.24, 2.45) is 4.99 Å². The Morgan fingerprint density at radius 2 is 1.58 bits per heavy atom. The minimum absolute atomic E-state index is 0.0665. The highest BCUT2D eigenvalue weighted by atomic mass is 32.2. The molecule has 0 bridgehead atoms. The molecule has 0 spiro atoms. The molecule has 0 aromatic heterocycles. The summed E-state index contributed by atoms with van der Waals surface area (Å²) in [6.45, 7) is 4.12. The third kappa shape index (κ3) is 7.19. The van der Waals surface area contributed by atoms with Crippen LogP contribution in [0.4, 0.5) is 0 Å². The number of thioether (sulfide) groups is 1. The first kappa shape index (κ1) is 19.8. The molecule has 6 heteroatoms. The van der Waals surface area contributed by atoms with Crippen LogP contribution >= 0.6 is 11.8 Å². The van der Waals surface area contributed by atoms with E-state index in [1.807, 2.05) is 48.2 Å². The maximum atomic E-state index is 12.0. The van der Waals surface area contributed by atoms with E-state index in [0.29, 0.717) is 23.9 Å². The Hall–Kier alpha value is -2.47. The van der Waals surface area contributed by atoms with Gasteiger partial charge in [-0.15, -0.1) is 11.8 Å². The van der Waals surface area contributed by atoms with Crippen molar-refractivity contribution in [3.63, 3.8) is 0 Å². The minimum atomic E-state index is -0.0665. The normalized spacial score (nSPS) is 12.3. The van der Waals surface area contributed by atoms with Gasteiger partial charge in [-0.25, -0.2) is 0 Å². The molecule has 0 heterocycles. The summed E-state index contributed by atoms with van der Waals surface area (Å²) in [5.41, 5.74) is 0.668. The lowest BCUT2D eigenvalue weighted by molar-refractivity contribution is 0.0954. The van der Waals surface area contributed by atoms with Gasteiger partial charge in [0.25, 0.3) is 5.91 Å². The predicted octanol–water partition coefficient (Wildman–Crippen LogP) is 2.76. The minimum Gasteiger partial charge on any atom is -0.355 e. The standard InChI is InChI=1S/C20H26N4OS/c1-16(26-18-11-7-4-8-12-18)15-24-20(21-2)23-14-13-22-19(25)17-9-5-3-6-10-17/h3-12,16H,13-15H2,1-2H3,(H,22,25)(H2,21,23,24). The van der Waals surface area contributed by atoms with Crippen LogP contribution in [-0.2, 0) is 0 Å². The Balaban J connectivity index is 1.64. The van der Waals surface area contributed by atoms with Gasteiger partial charge in [-0.05, 0) is 24.3 Å². The summed E-state index contributed by atoms with van der Waals surface area (Å²) in [4.78, 5) is 17.4. The Morgan fingerprint density at radius 3 is 2.23 bits per heavy atom. The van der Waals surface area contributed by atoms with Gasteiger partial charge in [0.2, 0.25) is 0 Å². The van der Waals surface area contributed by atoms with Gasteiger partial charge in [0.15, 0.2) is 5.96 Å². The first-order valence-corrected chi connectivity index (χ1v) is 9.56. The number of hydrogen-bond donors (Lipinski definition) is 3. The Morgan fingerprint density at radius 1 is 0.962 bits per heavy atom. The van der Waals surface area contributed by atoms with Crippen LogP contribution in [0.3, 0.4) is 0 Å². The largest absolute Gasteiger partial charge is 0.355 e. The van der Waals surface area contributed by atoms with Crippen LogP contribution in [0.25, 0.3) is 0 Å². The number of aliphatic imine (C=N–C) groups is 1. The van der Waals surface area contributed by atoms with Crippen LogP contribution in [-0.4, -0.2) is 43.8 Å². The van der Waals surface area contributed by atoms with E-state index in [2.05, 4.69) is 40.0 Å². The topological polar surface area (TPSA) is 65.5 Å². The van der Waals surface area contributed by atoms with Gasteiger partial charge in [0.1, 0.15) is 0 Å². The van der Waals surface area contributed by atoms with Crippen LogP contribution in [0.5, 0.6) is 0 Å². The lowest BCUT2D eigenvalue weighted by Crippen LogP contribution is -2.43. The van der Waals surface area contributed by atoms with Crippen LogP contribution in [0, 0.1) is 0 Å². The molecule has 0 fully saturated rings. The molecule has 138 valence electrons. The average molecular weight is 371 g/mol. The molecule has 5 nitrogen and oxygen atoms in total. The fraction of sp³-hybridized carbons (Fsp3) is 0.300. The second kappa shape index (κ2) is 11.2. The van der Waals surface area contributed by atoms with E-state index in [-0.39, 0.29) is 5.91 Å². The number of amides is 1. The van der Waals surface area contributed by atoms with E-state index < -0.39 is 0 Å². The molecule has 2 rings (SSSR count). The molecular formula is C20H26N4OS. The highest BCUT2D eigenvalue weighted by Crippen LogP contribution is 2.21. The molecular weight excluding hydrogens is 344 g/mol. The van der Waals surface area contributed by atoms with E-state index in [4.69, 9.17) is 0 Å². The van der Waals surface area contributed by atoms with Crippen molar-refractivity contribution in [2.45, 2.75) is 17.1 Å². The zero-order valence-corrected chi connectivity index (χ0v) is 16.1. The molecule has 1 amide bonds. The maximum Gasteiger partial charge on any atom is 0.251 e. The second-order valence-electron chi connectivity index (χ2n) is 5.74. The number of carbonyl (C=O) groups is 1. The zero-order chi connectivity index (χ0) is 18.6. The number of carbonyl (C=O) groups excluding carboxylic acids is 1. The van der Waals surface area contributed by atoms with E-state index in [1.165, 1.54) is 4.90 Å². The molecule has 0 radical (unpaired) electrons.